The third kappa shape index (κ3) is 4.98. The molecule has 36 heavy (non-hydrogen) atoms. The summed E-state index contributed by atoms with van der Waals surface area (Å²) in [5.41, 5.74) is 2.13. The van der Waals surface area contributed by atoms with Crippen LogP contribution < -0.4 is 10.1 Å². The van der Waals surface area contributed by atoms with Gasteiger partial charge < -0.3 is 19.5 Å². The van der Waals surface area contributed by atoms with Crippen molar-refractivity contribution in [3.63, 3.8) is 0 Å². The fraction of sp³-hybridized carbons (Fsp3) is 0.593. The molecule has 1 amide bonds. The van der Waals surface area contributed by atoms with Crippen molar-refractivity contribution >= 4 is 17.6 Å². The van der Waals surface area contributed by atoms with Crippen LogP contribution in [0.2, 0.25) is 0 Å². The minimum atomic E-state index is -0.289. The monoisotopic (exact) mass is 496 g/mol. The molecule has 2 aliphatic heterocycles. The Kier molecular flexibility index (Phi) is 6.41. The molecule has 2 atom stereocenters. The van der Waals surface area contributed by atoms with Gasteiger partial charge in [-0.25, -0.2) is 19.2 Å². The molecule has 2 unspecified atom stereocenters. The van der Waals surface area contributed by atoms with Gasteiger partial charge in [0.15, 0.2) is 0 Å². The van der Waals surface area contributed by atoms with Crippen molar-refractivity contribution in [2.45, 2.75) is 82.6 Å². The summed E-state index contributed by atoms with van der Waals surface area (Å²) in [7, 11) is 0. The smallest absolute Gasteiger partial charge is 0.410 e. The number of halogens is 1. The summed E-state index contributed by atoms with van der Waals surface area (Å²) in [6.07, 6.45) is 8.86. The van der Waals surface area contributed by atoms with E-state index in [0.717, 1.165) is 31.2 Å². The molecule has 9 heteroatoms. The van der Waals surface area contributed by atoms with Crippen LogP contribution >= 0.6 is 0 Å². The number of benzene rings is 1. The third-order valence-corrected chi connectivity index (χ3v) is 7.83. The lowest BCUT2D eigenvalue weighted by Crippen LogP contribution is -2.61. The molecule has 2 aromatic rings. The molecule has 4 fully saturated rings. The van der Waals surface area contributed by atoms with Crippen molar-refractivity contribution in [1.82, 2.24) is 14.9 Å². The molecule has 4 aliphatic rings. The molecule has 192 valence electrons. The van der Waals surface area contributed by atoms with Gasteiger partial charge in [-0.1, -0.05) is 6.07 Å². The van der Waals surface area contributed by atoms with Gasteiger partial charge in [-0.05, 0) is 69.1 Å². The number of nitrogens with one attached hydrogen (secondary N) is 1. The van der Waals surface area contributed by atoms with Crippen LogP contribution in [-0.2, 0) is 15.9 Å². The average Bonchev–Trinajstić information content (AvgIpc) is 3.64. The van der Waals surface area contributed by atoms with E-state index in [-0.39, 0.29) is 36.2 Å². The first-order valence-corrected chi connectivity index (χ1v) is 13.1. The Bertz CT molecular complexity index is 1110. The van der Waals surface area contributed by atoms with Gasteiger partial charge in [0.05, 0.1) is 36.5 Å². The standard InChI is InChI=1S/C27H33FN4O4/c1-16-25(31-24-8-7-18(10-23(24)28)9-17-5-6-17)29-15-30-26(16)35-22-11-19-13-34-14-20(12-22)32(19)27(33)36-21-3-2-4-21/h7-8,10,15,17,19-22H,2-6,9,11-14H2,1H3,(H,29,30,31). The summed E-state index contributed by atoms with van der Waals surface area (Å²) < 4.78 is 32.5. The molecule has 2 saturated carbocycles. The van der Waals surface area contributed by atoms with Crippen LogP contribution in [0.3, 0.4) is 0 Å². The largest absolute Gasteiger partial charge is 0.474 e. The van der Waals surface area contributed by atoms with Crippen molar-refractivity contribution in [2.24, 2.45) is 5.92 Å². The minimum Gasteiger partial charge on any atom is -0.474 e. The van der Waals surface area contributed by atoms with Gasteiger partial charge in [0.25, 0.3) is 0 Å². The lowest BCUT2D eigenvalue weighted by atomic mass is 9.92. The van der Waals surface area contributed by atoms with Crippen LogP contribution in [0, 0.1) is 18.7 Å². The number of morpholine rings is 1. The van der Waals surface area contributed by atoms with E-state index in [0.29, 0.717) is 54.9 Å². The van der Waals surface area contributed by atoms with Gasteiger partial charge in [-0.2, -0.15) is 0 Å². The minimum absolute atomic E-state index is 0.0574. The molecule has 0 spiro atoms. The molecular weight excluding hydrogens is 463 g/mol. The molecule has 3 heterocycles. The molecule has 8 nitrogen and oxygen atoms in total. The van der Waals surface area contributed by atoms with E-state index in [1.165, 1.54) is 19.2 Å². The first-order valence-electron chi connectivity index (χ1n) is 13.1. The van der Waals surface area contributed by atoms with Crippen LogP contribution in [0.15, 0.2) is 24.5 Å². The summed E-state index contributed by atoms with van der Waals surface area (Å²) in [4.78, 5) is 23.3. The number of carbonyl (C=O) groups excluding carboxylic acids is 1. The first kappa shape index (κ1) is 23.5. The van der Waals surface area contributed by atoms with Gasteiger partial charge in [-0.3, -0.25) is 4.90 Å². The van der Waals surface area contributed by atoms with Crippen molar-refractivity contribution in [1.29, 1.82) is 0 Å². The molecular formula is C27H33FN4O4. The highest BCUT2D eigenvalue weighted by Gasteiger charge is 2.44. The molecule has 2 aliphatic carbocycles. The summed E-state index contributed by atoms with van der Waals surface area (Å²) in [6.45, 7) is 2.81. The zero-order chi connectivity index (χ0) is 24.6. The Morgan fingerprint density at radius 3 is 2.58 bits per heavy atom. The predicted molar refractivity (Wildman–Crippen MR) is 131 cm³/mol. The van der Waals surface area contributed by atoms with E-state index < -0.39 is 0 Å². The average molecular weight is 497 g/mol. The zero-order valence-corrected chi connectivity index (χ0v) is 20.6. The summed E-state index contributed by atoms with van der Waals surface area (Å²) >= 11 is 0. The highest BCUT2D eigenvalue weighted by molar-refractivity contribution is 5.69. The van der Waals surface area contributed by atoms with Crippen LogP contribution in [0.5, 0.6) is 5.88 Å². The van der Waals surface area contributed by atoms with Crippen LogP contribution in [0.1, 0.15) is 56.1 Å². The molecule has 2 bridgehead atoms. The number of nitrogens with zero attached hydrogens (tertiary/aromatic N) is 3. The maximum atomic E-state index is 14.8. The third-order valence-electron chi connectivity index (χ3n) is 7.83. The molecule has 0 radical (unpaired) electrons. The van der Waals surface area contributed by atoms with Gasteiger partial charge in [-0.15, -0.1) is 0 Å². The van der Waals surface area contributed by atoms with Crippen molar-refractivity contribution in [2.75, 3.05) is 18.5 Å². The number of ether oxygens (including phenoxy) is 3. The Labute approximate surface area is 210 Å². The zero-order valence-electron chi connectivity index (χ0n) is 20.6. The van der Waals surface area contributed by atoms with Crippen LogP contribution in [-0.4, -0.2) is 58.5 Å². The van der Waals surface area contributed by atoms with E-state index in [9.17, 15) is 9.18 Å². The van der Waals surface area contributed by atoms with E-state index in [1.807, 2.05) is 17.9 Å². The number of piperidine rings is 1. The predicted octanol–water partition coefficient (Wildman–Crippen LogP) is 4.92. The summed E-state index contributed by atoms with van der Waals surface area (Å²) in [5.74, 6) is 1.40. The quantitative estimate of drug-likeness (QED) is 0.582. The Morgan fingerprint density at radius 1 is 1.14 bits per heavy atom. The summed E-state index contributed by atoms with van der Waals surface area (Å²) in [5, 5.41) is 3.11. The number of hydrogen-bond donors (Lipinski definition) is 1. The Balaban J connectivity index is 1.11. The van der Waals surface area contributed by atoms with E-state index in [4.69, 9.17) is 14.2 Å². The highest BCUT2D eigenvalue weighted by Crippen LogP contribution is 2.35. The number of fused-ring (bicyclic) bond motifs is 2. The molecule has 1 N–H and O–H groups in total. The van der Waals surface area contributed by atoms with Gasteiger partial charge in [0.1, 0.15) is 30.2 Å². The number of amides is 1. The fourth-order valence-electron chi connectivity index (χ4n) is 5.36. The Hall–Kier alpha value is -2.94. The topological polar surface area (TPSA) is 85.8 Å². The fourth-order valence-corrected chi connectivity index (χ4v) is 5.36. The van der Waals surface area contributed by atoms with Crippen LogP contribution in [0.4, 0.5) is 20.7 Å². The second-order valence-corrected chi connectivity index (χ2v) is 10.6. The van der Waals surface area contributed by atoms with E-state index in [2.05, 4.69) is 15.3 Å². The second-order valence-electron chi connectivity index (χ2n) is 10.6. The van der Waals surface area contributed by atoms with Crippen molar-refractivity contribution < 1.29 is 23.4 Å². The Morgan fingerprint density at radius 2 is 1.92 bits per heavy atom. The molecule has 1 aromatic carbocycles. The SMILES string of the molecule is Cc1c(Nc2ccc(CC3CC3)cc2F)ncnc1OC1CC2COCC(C1)N2C(=O)OC1CCC1. The lowest BCUT2D eigenvalue weighted by molar-refractivity contribution is -0.0984. The highest BCUT2D eigenvalue weighted by atomic mass is 19.1. The number of rotatable bonds is 7. The normalized spacial score (nSPS) is 25.7. The number of carbonyl (C=O) groups is 1. The van der Waals surface area contributed by atoms with Gasteiger partial charge in [0.2, 0.25) is 5.88 Å². The van der Waals surface area contributed by atoms with Crippen molar-refractivity contribution in [3.8, 4) is 5.88 Å². The first-order chi connectivity index (χ1) is 17.5. The molecule has 6 rings (SSSR count). The van der Waals surface area contributed by atoms with Crippen molar-refractivity contribution in [3.05, 3.63) is 41.5 Å². The molecule has 2 saturated heterocycles. The van der Waals surface area contributed by atoms with Gasteiger partial charge in [0, 0.05) is 12.8 Å². The molecule has 1 aromatic heterocycles. The van der Waals surface area contributed by atoms with E-state index in [1.54, 1.807) is 12.1 Å². The van der Waals surface area contributed by atoms with Crippen LogP contribution in [0.25, 0.3) is 0 Å². The maximum absolute atomic E-state index is 14.8. The van der Waals surface area contributed by atoms with E-state index >= 15 is 0 Å². The number of hydrogen-bond acceptors (Lipinski definition) is 7. The second kappa shape index (κ2) is 9.84. The number of anilines is 2. The number of aromatic nitrogens is 2. The lowest BCUT2D eigenvalue weighted by Gasteiger charge is -2.47. The van der Waals surface area contributed by atoms with Gasteiger partial charge >= 0.3 is 6.09 Å². The summed E-state index contributed by atoms with van der Waals surface area (Å²) in [6, 6.07) is 5.19. The maximum Gasteiger partial charge on any atom is 0.410 e.